The third-order valence-corrected chi connectivity index (χ3v) is 13.1. The summed E-state index contributed by atoms with van der Waals surface area (Å²) in [4.78, 5) is 31.3. The number of thiophene rings is 2. The van der Waals surface area contributed by atoms with Gasteiger partial charge in [-0.1, -0.05) is 13.8 Å². The van der Waals surface area contributed by atoms with Crippen LogP contribution in [0.3, 0.4) is 0 Å². The number of esters is 1. The Morgan fingerprint density at radius 3 is 2.06 bits per heavy atom. The van der Waals surface area contributed by atoms with Crippen LogP contribution in [0.15, 0.2) is 78.3 Å². The second-order valence-electron chi connectivity index (χ2n) is 12.7. The summed E-state index contributed by atoms with van der Waals surface area (Å²) in [5.41, 5.74) is 5.78. The standard InChI is InChI=1S/C35H34N12O4S3/c1-6-51-34(48)29-24(20(2)3)12-28(52-29)43-31-33-39-16-26(47(33)10-8-37-31)23-14-41-45(18-23)19-54(49,50)35-21(4)11-27(53-35)42-30-32-38-15-25(46(32)9-7-36-30)22-13-40-44(5)17-22/h7-18,20H,6,19H2,1-5H3,(H,36,42)(H,37,43). The van der Waals surface area contributed by atoms with E-state index in [1.165, 1.54) is 16.0 Å². The van der Waals surface area contributed by atoms with Gasteiger partial charge in [-0.2, -0.15) is 10.2 Å². The first-order valence-electron chi connectivity index (χ1n) is 16.8. The molecule has 276 valence electrons. The fraction of sp³-hybridized carbons (Fsp3) is 0.229. The highest BCUT2D eigenvalue weighted by molar-refractivity contribution is 7.92. The molecule has 2 N–H and O–H groups in total. The quantitative estimate of drug-likeness (QED) is 0.126. The van der Waals surface area contributed by atoms with Gasteiger partial charge < -0.3 is 15.4 Å². The normalized spacial score (nSPS) is 12.0. The number of sulfone groups is 1. The minimum Gasteiger partial charge on any atom is -0.462 e. The molecule has 0 atom stereocenters. The molecule has 0 saturated heterocycles. The molecule has 0 bridgehead atoms. The van der Waals surface area contributed by atoms with E-state index in [2.05, 4.69) is 40.8 Å². The largest absolute Gasteiger partial charge is 0.462 e. The lowest BCUT2D eigenvalue weighted by atomic mass is 10.0. The third kappa shape index (κ3) is 6.49. The van der Waals surface area contributed by atoms with E-state index in [4.69, 9.17) is 4.74 Å². The van der Waals surface area contributed by atoms with E-state index in [1.807, 2.05) is 48.2 Å². The molecule has 0 amide bonds. The van der Waals surface area contributed by atoms with Crippen molar-refractivity contribution in [1.82, 2.24) is 48.3 Å². The van der Waals surface area contributed by atoms with Crippen LogP contribution < -0.4 is 10.6 Å². The fourth-order valence-electron chi connectivity index (χ4n) is 6.12. The average molecular weight is 783 g/mol. The zero-order valence-electron chi connectivity index (χ0n) is 29.7. The number of fused-ring (bicyclic) bond motifs is 2. The number of hydrogen-bond acceptors (Lipinski definition) is 14. The summed E-state index contributed by atoms with van der Waals surface area (Å²) >= 11 is 2.44. The van der Waals surface area contributed by atoms with Gasteiger partial charge in [-0.05, 0) is 43.0 Å². The predicted octanol–water partition coefficient (Wildman–Crippen LogP) is 6.69. The number of carbonyl (C=O) groups excluding carboxylic acids is 1. The van der Waals surface area contributed by atoms with Gasteiger partial charge >= 0.3 is 5.97 Å². The van der Waals surface area contributed by atoms with Crippen molar-refractivity contribution in [1.29, 1.82) is 0 Å². The van der Waals surface area contributed by atoms with E-state index in [1.54, 1.807) is 74.2 Å². The molecule has 8 aromatic rings. The molecule has 0 unspecified atom stereocenters. The van der Waals surface area contributed by atoms with E-state index in [0.29, 0.717) is 56.2 Å². The summed E-state index contributed by atoms with van der Waals surface area (Å²) in [7, 11) is -1.94. The Kier molecular flexibility index (Phi) is 8.98. The van der Waals surface area contributed by atoms with Crippen LogP contribution in [0, 0.1) is 6.92 Å². The Morgan fingerprint density at radius 1 is 0.852 bits per heavy atom. The molecule has 0 radical (unpaired) electrons. The number of hydrogen-bond donors (Lipinski definition) is 2. The Balaban J connectivity index is 1.00. The lowest BCUT2D eigenvalue weighted by molar-refractivity contribution is 0.0530. The van der Waals surface area contributed by atoms with Crippen LogP contribution in [0.5, 0.6) is 0 Å². The molecule has 0 aliphatic heterocycles. The molecule has 0 aliphatic carbocycles. The maximum absolute atomic E-state index is 13.8. The number of carbonyl (C=O) groups is 1. The van der Waals surface area contributed by atoms with Crippen molar-refractivity contribution in [3.05, 3.63) is 90.1 Å². The minimum absolute atomic E-state index is 0.119. The van der Waals surface area contributed by atoms with Gasteiger partial charge in [0.15, 0.2) is 22.9 Å². The topological polar surface area (TPSA) is 181 Å². The second kappa shape index (κ2) is 13.8. The summed E-state index contributed by atoms with van der Waals surface area (Å²) in [6.07, 6.45) is 17.3. The van der Waals surface area contributed by atoms with Crippen molar-refractivity contribution >= 4 is 71.4 Å². The number of ether oxygens (including phenoxy) is 1. The van der Waals surface area contributed by atoms with E-state index in [-0.39, 0.29) is 22.0 Å². The second-order valence-corrected chi connectivity index (χ2v) is 17.0. The molecule has 0 aromatic carbocycles. The molecule has 0 fully saturated rings. The highest BCUT2D eigenvalue weighted by Gasteiger charge is 2.24. The summed E-state index contributed by atoms with van der Waals surface area (Å²) in [6.45, 7) is 7.89. The van der Waals surface area contributed by atoms with Crippen LogP contribution in [0.2, 0.25) is 0 Å². The Labute approximate surface area is 317 Å². The van der Waals surface area contributed by atoms with Gasteiger partial charge in [0.1, 0.15) is 15.0 Å². The molecule has 0 aliphatic rings. The highest BCUT2D eigenvalue weighted by Crippen LogP contribution is 2.37. The minimum atomic E-state index is -3.79. The van der Waals surface area contributed by atoms with E-state index in [9.17, 15) is 13.2 Å². The van der Waals surface area contributed by atoms with Gasteiger partial charge in [0, 0.05) is 55.4 Å². The molecule has 0 spiro atoms. The number of rotatable bonds is 12. The molecule has 8 aromatic heterocycles. The van der Waals surface area contributed by atoms with Crippen LogP contribution >= 0.6 is 22.7 Å². The van der Waals surface area contributed by atoms with Crippen molar-refractivity contribution < 1.29 is 17.9 Å². The average Bonchev–Trinajstić information content (AvgIpc) is 3.98. The SMILES string of the molecule is CCOC(=O)c1sc(Nc2nccn3c(-c4cnn(CS(=O)(=O)c5sc(Nc6nccn7c(-c8cnn(C)c8)cnc67)cc5C)c4)cnc23)cc1C(C)C. The molecule has 54 heavy (non-hydrogen) atoms. The highest BCUT2D eigenvalue weighted by atomic mass is 32.2. The van der Waals surface area contributed by atoms with E-state index < -0.39 is 9.84 Å². The number of anilines is 4. The first kappa shape index (κ1) is 35.1. The molecule has 8 rings (SSSR count). The number of nitrogens with zero attached hydrogens (tertiary/aromatic N) is 10. The van der Waals surface area contributed by atoms with E-state index >= 15 is 0 Å². The van der Waals surface area contributed by atoms with Crippen molar-refractivity contribution in [3.8, 4) is 22.5 Å². The lowest BCUT2D eigenvalue weighted by Gasteiger charge is -2.06. The van der Waals surface area contributed by atoms with Gasteiger partial charge in [0.25, 0.3) is 0 Å². The van der Waals surface area contributed by atoms with Crippen molar-refractivity contribution in [3.63, 3.8) is 0 Å². The van der Waals surface area contributed by atoms with Crippen molar-refractivity contribution in [2.24, 2.45) is 7.05 Å². The summed E-state index contributed by atoms with van der Waals surface area (Å²) in [5.74, 6) is 0.398. The monoisotopic (exact) mass is 782 g/mol. The van der Waals surface area contributed by atoms with Gasteiger partial charge in [-0.15, -0.1) is 22.7 Å². The van der Waals surface area contributed by atoms with Crippen molar-refractivity contribution in [2.45, 2.75) is 43.7 Å². The number of nitrogens with one attached hydrogen (secondary N) is 2. The maximum atomic E-state index is 13.8. The van der Waals surface area contributed by atoms with Gasteiger partial charge in [0.05, 0.1) is 52.8 Å². The maximum Gasteiger partial charge on any atom is 0.348 e. The molecule has 8 heterocycles. The van der Waals surface area contributed by atoms with Gasteiger partial charge in [-0.3, -0.25) is 18.2 Å². The first-order chi connectivity index (χ1) is 26.0. The van der Waals surface area contributed by atoms with E-state index in [0.717, 1.165) is 33.2 Å². The smallest absolute Gasteiger partial charge is 0.348 e. The number of aryl methyl sites for hydroxylation is 2. The van der Waals surface area contributed by atoms with Gasteiger partial charge in [-0.25, -0.2) is 33.1 Å². The fourth-order valence-corrected chi connectivity index (χ4v) is 10.1. The predicted molar refractivity (Wildman–Crippen MR) is 207 cm³/mol. The Morgan fingerprint density at radius 2 is 1.46 bits per heavy atom. The molecule has 0 saturated carbocycles. The number of imidazole rings is 2. The van der Waals surface area contributed by atoms with Crippen LogP contribution in [-0.2, 0) is 27.5 Å². The Bertz CT molecular complexity index is 2790. The summed E-state index contributed by atoms with van der Waals surface area (Å²) in [5, 5.41) is 16.6. The van der Waals surface area contributed by atoms with Crippen LogP contribution in [-0.4, -0.2) is 69.3 Å². The zero-order valence-corrected chi connectivity index (χ0v) is 32.2. The van der Waals surface area contributed by atoms with Gasteiger partial charge in [0.2, 0.25) is 9.84 Å². The summed E-state index contributed by atoms with van der Waals surface area (Å²) < 4.78 is 39.9. The molecular formula is C35H34N12O4S3. The Hall–Kier alpha value is -5.92. The third-order valence-electron chi connectivity index (χ3n) is 8.57. The van der Waals surface area contributed by atoms with Crippen molar-refractivity contribution in [2.75, 3.05) is 17.2 Å². The number of aromatic nitrogens is 10. The molecular weight excluding hydrogens is 749 g/mol. The zero-order chi connectivity index (χ0) is 37.7. The summed E-state index contributed by atoms with van der Waals surface area (Å²) in [6, 6.07) is 3.73. The molecule has 16 nitrogen and oxygen atoms in total. The van der Waals surface area contributed by atoms with Crippen LogP contribution in [0.25, 0.3) is 33.8 Å². The van der Waals surface area contributed by atoms with Crippen LogP contribution in [0.4, 0.5) is 21.6 Å². The lowest BCUT2D eigenvalue weighted by Crippen LogP contribution is -2.11. The molecule has 19 heteroatoms. The first-order valence-corrected chi connectivity index (χ1v) is 20.1. The van der Waals surface area contributed by atoms with Crippen LogP contribution in [0.1, 0.15) is 47.5 Å².